The van der Waals surface area contributed by atoms with E-state index in [2.05, 4.69) is 14.8 Å². The number of aromatic hydroxyl groups is 1. The van der Waals surface area contributed by atoms with Gasteiger partial charge in [0.2, 0.25) is 5.91 Å². The standard InChI is InChI=1S/C37H38FN7O4S/c38-31-26(28-16-24(46)15-21-5-1-2-6-25(21)28)9-10-27-32(31)40-36(49-20-37-11-3-13-44(37)14-4-12-37)41-33(27)43-18-22-7-8-23(19-43)45(22)30(47)17-29-34(48)42-35(39)50-29/h1-2,5-6,9-10,15-16,22-23,29,46H,3-4,7-8,11-14,17-20H2,(H2,39,42,48)/t22-,23+,29?. The number of aliphatic imine (C=N–C) groups is 1. The summed E-state index contributed by atoms with van der Waals surface area (Å²) in [4.78, 5) is 45.8. The lowest BCUT2D eigenvalue weighted by molar-refractivity contribution is -0.135. The Balaban J connectivity index is 1.08. The molecule has 0 saturated carbocycles. The maximum absolute atomic E-state index is 16.9. The fraction of sp³-hybridized carbons (Fsp3) is 0.432. The van der Waals surface area contributed by atoms with Gasteiger partial charge in [0, 0.05) is 42.5 Å². The molecule has 11 nitrogen and oxygen atoms in total. The zero-order chi connectivity index (χ0) is 34.1. The monoisotopic (exact) mass is 695 g/mol. The number of carbonyl (C=O) groups excluding carboxylic acids is 2. The highest BCUT2D eigenvalue weighted by Crippen LogP contribution is 2.42. The number of carbonyl (C=O) groups is 2. The fourth-order valence-electron chi connectivity index (χ4n) is 9.10. The minimum Gasteiger partial charge on any atom is -0.508 e. The number of amidine groups is 1. The van der Waals surface area contributed by atoms with Crippen LogP contribution in [0.4, 0.5) is 10.2 Å². The van der Waals surface area contributed by atoms with Gasteiger partial charge in [0.05, 0.1) is 5.54 Å². The van der Waals surface area contributed by atoms with Gasteiger partial charge >= 0.3 is 6.01 Å². The van der Waals surface area contributed by atoms with Crippen LogP contribution in [0.15, 0.2) is 53.5 Å². The summed E-state index contributed by atoms with van der Waals surface area (Å²) in [6.07, 6.45) is 6.08. The van der Waals surface area contributed by atoms with Gasteiger partial charge in [-0.1, -0.05) is 42.1 Å². The maximum Gasteiger partial charge on any atom is 0.319 e. The Morgan fingerprint density at radius 2 is 1.78 bits per heavy atom. The largest absolute Gasteiger partial charge is 0.508 e. The molecule has 3 aromatic carbocycles. The third kappa shape index (κ3) is 5.24. The molecule has 2 amide bonds. The van der Waals surface area contributed by atoms with Crippen LogP contribution in [-0.4, -0.2) is 97.5 Å². The summed E-state index contributed by atoms with van der Waals surface area (Å²) in [5.74, 6) is -0.307. The summed E-state index contributed by atoms with van der Waals surface area (Å²) < 4.78 is 23.4. The van der Waals surface area contributed by atoms with E-state index in [9.17, 15) is 14.7 Å². The van der Waals surface area contributed by atoms with Crippen LogP contribution >= 0.6 is 11.8 Å². The molecule has 50 heavy (non-hydrogen) atoms. The van der Waals surface area contributed by atoms with Crippen molar-refractivity contribution >= 4 is 56.2 Å². The van der Waals surface area contributed by atoms with Gasteiger partial charge < -0.3 is 25.4 Å². The molecule has 9 rings (SSSR count). The molecule has 4 fully saturated rings. The van der Waals surface area contributed by atoms with Crippen molar-refractivity contribution in [2.45, 2.75) is 67.8 Å². The Hall–Kier alpha value is -4.49. The molecule has 0 spiro atoms. The number of fused-ring (bicyclic) bond motifs is 5. The van der Waals surface area contributed by atoms with Crippen molar-refractivity contribution in [3.63, 3.8) is 0 Å². The smallest absolute Gasteiger partial charge is 0.319 e. The lowest BCUT2D eigenvalue weighted by atomic mass is 9.95. The number of nitrogens with two attached hydrogens (primary N) is 1. The van der Waals surface area contributed by atoms with E-state index in [4.69, 9.17) is 20.4 Å². The molecule has 1 aromatic heterocycles. The van der Waals surface area contributed by atoms with Crippen LogP contribution in [0.5, 0.6) is 11.8 Å². The topological polar surface area (TPSA) is 137 Å². The lowest BCUT2D eigenvalue weighted by Gasteiger charge is -2.42. The lowest BCUT2D eigenvalue weighted by Crippen LogP contribution is -2.56. The average molecular weight is 696 g/mol. The molecular weight excluding hydrogens is 658 g/mol. The second kappa shape index (κ2) is 12.1. The molecule has 4 saturated heterocycles. The molecule has 3 atom stereocenters. The first-order chi connectivity index (χ1) is 24.3. The van der Waals surface area contributed by atoms with Crippen molar-refractivity contribution in [3.8, 4) is 22.9 Å². The number of ether oxygens (including phenoxy) is 1. The molecular formula is C37H38FN7O4S. The van der Waals surface area contributed by atoms with Crippen molar-refractivity contribution in [2.24, 2.45) is 10.7 Å². The minimum atomic E-state index is -0.582. The molecule has 5 aliphatic heterocycles. The molecule has 0 aliphatic carbocycles. The van der Waals surface area contributed by atoms with Crippen LogP contribution in [0.1, 0.15) is 44.9 Å². The van der Waals surface area contributed by atoms with Crippen LogP contribution in [0.25, 0.3) is 32.8 Å². The molecule has 4 aromatic rings. The van der Waals surface area contributed by atoms with Crippen LogP contribution in [0.2, 0.25) is 0 Å². The average Bonchev–Trinajstić information content (AvgIpc) is 3.84. The molecule has 258 valence electrons. The fourth-order valence-corrected chi connectivity index (χ4v) is 9.91. The number of benzene rings is 3. The number of aromatic nitrogens is 2. The number of rotatable bonds is 7. The van der Waals surface area contributed by atoms with E-state index in [0.717, 1.165) is 74.1 Å². The molecule has 5 aliphatic rings. The van der Waals surface area contributed by atoms with E-state index < -0.39 is 11.1 Å². The Morgan fingerprint density at radius 3 is 2.52 bits per heavy atom. The van der Waals surface area contributed by atoms with E-state index in [1.165, 1.54) is 0 Å². The summed E-state index contributed by atoms with van der Waals surface area (Å²) >= 11 is 1.15. The first-order valence-electron chi connectivity index (χ1n) is 17.5. The van der Waals surface area contributed by atoms with E-state index in [0.29, 0.717) is 42.0 Å². The number of phenolic OH excluding ortho intramolecular Hbond substituents is 1. The Kier molecular flexibility index (Phi) is 7.61. The first kappa shape index (κ1) is 31.5. The van der Waals surface area contributed by atoms with Gasteiger partial charge in [-0.2, -0.15) is 15.0 Å². The Labute approximate surface area is 292 Å². The molecule has 13 heteroatoms. The van der Waals surface area contributed by atoms with Crippen LogP contribution in [0, 0.1) is 5.82 Å². The second-order valence-electron chi connectivity index (χ2n) is 14.3. The van der Waals surface area contributed by atoms with Gasteiger partial charge in [0.25, 0.3) is 5.91 Å². The van der Waals surface area contributed by atoms with Crippen molar-refractivity contribution in [3.05, 3.63) is 54.3 Å². The van der Waals surface area contributed by atoms with Crippen LogP contribution in [0.3, 0.4) is 0 Å². The maximum atomic E-state index is 16.9. The Bertz CT molecular complexity index is 2070. The summed E-state index contributed by atoms with van der Waals surface area (Å²) in [6, 6.07) is 14.4. The van der Waals surface area contributed by atoms with E-state index in [1.54, 1.807) is 18.2 Å². The molecule has 6 heterocycles. The van der Waals surface area contributed by atoms with Gasteiger partial charge in [-0.15, -0.1) is 0 Å². The third-order valence-corrected chi connectivity index (χ3v) is 12.4. The predicted molar refractivity (Wildman–Crippen MR) is 191 cm³/mol. The Morgan fingerprint density at radius 1 is 1.02 bits per heavy atom. The molecule has 1 unspecified atom stereocenters. The number of phenols is 1. The van der Waals surface area contributed by atoms with E-state index in [-0.39, 0.29) is 58.3 Å². The summed E-state index contributed by atoms with van der Waals surface area (Å²) in [5.41, 5.74) is 6.76. The van der Waals surface area contributed by atoms with Crippen LogP contribution in [-0.2, 0) is 9.59 Å². The number of amides is 2. The molecule has 2 bridgehead atoms. The first-order valence-corrected chi connectivity index (χ1v) is 18.4. The zero-order valence-corrected chi connectivity index (χ0v) is 28.4. The quantitative estimate of drug-likeness (QED) is 0.277. The van der Waals surface area contributed by atoms with Gasteiger partial charge in [0.15, 0.2) is 11.0 Å². The summed E-state index contributed by atoms with van der Waals surface area (Å²) in [6.45, 7) is 3.58. The number of anilines is 1. The van der Waals surface area contributed by atoms with Crippen molar-refractivity contribution < 1.29 is 23.8 Å². The number of hydrogen-bond donors (Lipinski definition) is 2. The van der Waals surface area contributed by atoms with Gasteiger partial charge in [-0.05, 0) is 86.1 Å². The van der Waals surface area contributed by atoms with Crippen molar-refractivity contribution in [1.82, 2.24) is 19.8 Å². The zero-order valence-electron chi connectivity index (χ0n) is 27.6. The van der Waals surface area contributed by atoms with Gasteiger partial charge in [-0.3, -0.25) is 14.5 Å². The number of halogens is 1. The van der Waals surface area contributed by atoms with Gasteiger partial charge in [-0.25, -0.2) is 4.39 Å². The van der Waals surface area contributed by atoms with Crippen molar-refractivity contribution in [2.75, 3.05) is 37.7 Å². The SMILES string of the molecule is NC1=NC(=O)C(CC(=O)N2[C@@H]3CC[C@H]2CN(c2nc(OCC45CCCN4CCC5)nc4c(F)c(-c5cc(O)cc6ccccc56)ccc24)C3)S1. The number of nitrogens with zero attached hydrogens (tertiary/aromatic N) is 6. The van der Waals surface area contributed by atoms with Crippen molar-refractivity contribution in [1.29, 1.82) is 0 Å². The number of thioether (sulfide) groups is 1. The second-order valence-corrected chi connectivity index (χ2v) is 15.5. The molecule has 0 radical (unpaired) electrons. The third-order valence-electron chi connectivity index (χ3n) is 11.4. The van der Waals surface area contributed by atoms with Gasteiger partial charge in [0.1, 0.15) is 28.9 Å². The summed E-state index contributed by atoms with van der Waals surface area (Å²) in [5, 5.41) is 12.4. The normalized spacial score (nSPS) is 24.4. The van der Waals surface area contributed by atoms with Crippen LogP contribution < -0.4 is 15.4 Å². The number of piperazine rings is 1. The summed E-state index contributed by atoms with van der Waals surface area (Å²) in [7, 11) is 0. The minimum absolute atomic E-state index is 0.0425. The number of hydrogen-bond acceptors (Lipinski definition) is 10. The highest BCUT2D eigenvalue weighted by Gasteiger charge is 2.46. The highest BCUT2D eigenvalue weighted by molar-refractivity contribution is 8.15. The van der Waals surface area contributed by atoms with E-state index >= 15 is 4.39 Å². The highest BCUT2D eigenvalue weighted by atomic mass is 32.2. The molecule has 3 N–H and O–H groups in total. The predicted octanol–water partition coefficient (Wildman–Crippen LogP) is 4.83. The van der Waals surface area contributed by atoms with E-state index in [1.807, 2.05) is 35.2 Å².